The molecule has 0 saturated carbocycles. The lowest BCUT2D eigenvalue weighted by Gasteiger charge is -2.43. The average Bonchev–Trinajstić information content (AvgIpc) is 3.59. The van der Waals surface area contributed by atoms with Crippen LogP contribution in [0.25, 0.3) is 10.9 Å². The van der Waals surface area contributed by atoms with Crippen LogP contribution in [0, 0.1) is 6.92 Å². The number of nitrogens with zero attached hydrogens (tertiary/aromatic N) is 5. The highest BCUT2D eigenvalue weighted by Gasteiger charge is 2.36. The summed E-state index contributed by atoms with van der Waals surface area (Å²) in [5, 5.41) is 11.4. The summed E-state index contributed by atoms with van der Waals surface area (Å²) in [6.45, 7) is 12.4. The van der Waals surface area contributed by atoms with Crippen LogP contribution in [0.1, 0.15) is 91.0 Å². The monoisotopic (exact) mass is 684 g/mol. The van der Waals surface area contributed by atoms with Crippen molar-refractivity contribution in [1.82, 2.24) is 40.1 Å². The Morgan fingerprint density at radius 3 is 2.40 bits per heavy atom. The average molecular weight is 685 g/mol. The van der Waals surface area contributed by atoms with E-state index >= 15 is 0 Å². The van der Waals surface area contributed by atoms with Crippen LogP contribution < -0.4 is 10.9 Å². The van der Waals surface area contributed by atoms with E-state index in [0.29, 0.717) is 69.2 Å². The van der Waals surface area contributed by atoms with E-state index in [2.05, 4.69) is 57.3 Å². The van der Waals surface area contributed by atoms with Crippen molar-refractivity contribution in [3.8, 4) is 0 Å². The van der Waals surface area contributed by atoms with Crippen molar-refractivity contribution in [2.45, 2.75) is 89.1 Å². The van der Waals surface area contributed by atoms with Gasteiger partial charge in [0.1, 0.15) is 6.04 Å². The van der Waals surface area contributed by atoms with Gasteiger partial charge in [0, 0.05) is 69.1 Å². The van der Waals surface area contributed by atoms with E-state index in [1.54, 1.807) is 11.1 Å². The fraction of sp³-hybridized carbons (Fsp3) is 0.605. The fourth-order valence-corrected chi connectivity index (χ4v) is 8.68. The van der Waals surface area contributed by atoms with Crippen LogP contribution in [-0.4, -0.2) is 124 Å². The van der Waals surface area contributed by atoms with Crippen LogP contribution in [0.4, 0.5) is 4.79 Å². The SMILES string of the molecule is Cc1cc(C[C@@H](NC(=O)N2CCC(c3cc4c([nH]c3=O)C(=O)CCC4(C)C)CC2)C(=O)N2CCN(C3CCN(C)CC3)CC2)cc2cn[nH]c12. The van der Waals surface area contributed by atoms with E-state index in [1.165, 1.54) is 0 Å². The quantitative estimate of drug-likeness (QED) is 0.361. The number of pyridine rings is 1. The second-order valence-electron chi connectivity index (χ2n) is 15.8. The number of carbonyl (C=O) groups excluding carboxylic acids is 3. The molecule has 1 aliphatic carbocycles. The molecule has 0 radical (unpaired) electrons. The van der Waals surface area contributed by atoms with Gasteiger partial charge in [-0.25, -0.2) is 4.79 Å². The van der Waals surface area contributed by atoms with Crippen LogP contribution in [-0.2, 0) is 16.6 Å². The molecule has 3 fully saturated rings. The highest BCUT2D eigenvalue weighted by Crippen LogP contribution is 2.37. The number of benzene rings is 1. The maximum absolute atomic E-state index is 14.2. The molecule has 4 aliphatic rings. The lowest BCUT2D eigenvalue weighted by molar-refractivity contribution is -0.135. The smallest absolute Gasteiger partial charge is 0.318 e. The summed E-state index contributed by atoms with van der Waals surface area (Å²) in [4.78, 5) is 65.3. The van der Waals surface area contributed by atoms with E-state index in [9.17, 15) is 19.2 Å². The fourth-order valence-electron chi connectivity index (χ4n) is 8.68. The van der Waals surface area contributed by atoms with Crippen LogP contribution >= 0.6 is 0 Å². The number of nitrogens with one attached hydrogen (secondary N) is 3. The summed E-state index contributed by atoms with van der Waals surface area (Å²) in [5.74, 6) is -0.0552. The standard InChI is InChI=1S/C38H52N8O4/c1-24-19-25(20-27-23-39-42-33(24)27)21-31(36(49)45-17-15-44(16-18-45)28-8-11-43(4)12-9-28)40-37(50)46-13-6-26(7-14-46)29-22-30-34(41-35(29)48)32(47)5-10-38(30,2)3/h19-20,22-23,26,28,31H,5-18,21H2,1-4H3,(H,39,42)(H,40,50)(H,41,48)/t31-/m1/s1. The summed E-state index contributed by atoms with van der Waals surface area (Å²) in [5.41, 5.74) is 4.67. The molecule has 12 nitrogen and oxygen atoms in total. The second kappa shape index (κ2) is 13.9. The number of Topliss-reactive ketones (excluding diaryl/α,β-unsaturated/α-hetero) is 1. The van der Waals surface area contributed by atoms with Gasteiger partial charge in [-0.2, -0.15) is 5.10 Å². The molecule has 268 valence electrons. The van der Waals surface area contributed by atoms with Gasteiger partial charge in [0.05, 0.1) is 17.4 Å². The van der Waals surface area contributed by atoms with Crippen LogP contribution in [0.5, 0.6) is 0 Å². The highest BCUT2D eigenvalue weighted by molar-refractivity contribution is 5.97. The van der Waals surface area contributed by atoms with Crippen molar-refractivity contribution in [3.05, 3.63) is 62.7 Å². The first-order valence-corrected chi connectivity index (χ1v) is 18.5. The largest absolute Gasteiger partial charge is 0.338 e. The number of hydrogen-bond donors (Lipinski definition) is 3. The number of aryl methyl sites for hydroxylation is 1. The molecule has 3 aromatic rings. The van der Waals surface area contributed by atoms with E-state index in [-0.39, 0.29) is 34.6 Å². The van der Waals surface area contributed by atoms with Gasteiger partial charge in [-0.05, 0) is 99.3 Å². The van der Waals surface area contributed by atoms with Crippen molar-refractivity contribution in [3.63, 3.8) is 0 Å². The molecule has 12 heteroatoms. The van der Waals surface area contributed by atoms with Crippen molar-refractivity contribution in [1.29, 1.82) is 0 Å². The number of aromatic amines is 2. The van der Waals surface area contributed by atoms with E-state index in [1.807, 2.05) is 24.0 Å². The van der Waals surface area contributed by atoms with Gasteiger partial charge < -0.3 is 25.0 Å². The molecular formula is C38H52N8O4. The number of fused-ring (bicyclic) bond motifs is 2. The summed E-state index contributed by atoms with van der Waals surface area (Å²) in [6.07, 6.45) is 6.97. The Bertz CT molecular complexity index is 1810. The van der Waals surface area contributed by atoms with Gasteiger partial charge in [0.25, 0.3) is 5.56 Å². The predicted molar refractivity (Wildman–Crippen MR) is 193 cm³/mol. The Labute approximate surface area is 293 Å². The summed E-state index contributed by atoms with van der Waals surface area (Å²) in [7, 11) is 2.18. The van der Waals surface area contributed by atoms with Crippen LogP contribution in [0.2, 0.25) is 0 Å². The van der Waals surface area contributed by atoms with Crippen molar-refractivity contribution < 1.29 is 14.4 Å². The number of H-pyrrole nitrogens is 2. The van der Waals surface area contributed by atoms with Gasteiger partial charge in [-0.3, -0.25) is 24.4 Å². The Morgan fingerprint density at radius 1 is 0.960 bits per heavy atom. The minimum Gasteiger partial charge on any atom is -0.338 e. The van der Waals surface area contributed by atoms with E-state index in [0.717, 1.165) is 73.0 Å². The lowest BCUT2D eigenvalue weighted by atomic mass is 9.73. The first-order chi connectivity index (χ1) is 24.0. The minimum atomic E-state index is -0.706. The van der Waals surface area contributed by atoms with Gasteiger partial charge in [0.2, 0.25) is 5.91 Å². The normalized spacial score (nSPS) is 21.7. The maximum atomic E-state index is 14.2. The Kier molecular flexibility index (Phi) is 9.60. The van der Waals surface area contributed by atoms with Crippen LogP contribution in [0.3, 0.4) is 0 Å². The van der Waals surface area contributed by atoms with Gasteiger partial charge in [0.15, 0.2) is 5.78 Å². The number of carbonyl (C=O) groups is 3. The van der Waals surface area contributed by atoms with E-state index < -0.39 is 6.04 Å². The molecule has 3 N–H and O–H groups in total. The maximum Gasteiger partial charge on any atom is 0.318 e. The zero-order valence-corrected chi connectivity index (χ0v) is 30.0. The third-order valence-electron chi connectivity index (χ3n) is 11.9. The Balaban J connectivity index is 1.03. The zero-order chi connectivity index (χ0) is 35.2. The topological polar surface area (TPSA) is 138 Å². The molecule has 0 bridgehead atoms. The summed E-state index contributed by atoms with van der Waals surface area (Å²) in [6, 6.07) is 5.68. The molecule has 3 saturated heterocycles. The Morgan fingerprint density at radius 2 is 1.68 bits per heavy atom. The number of ketones is 1. The number of piperidine rings is 2. The molecule has 1 aromatic carbocycles. The molecule has 7 rings (SSSR count). The molecule has 5 heterocycles. The first-order valence-electron chi connectivity index (χ1n) is 18.5. The van der Waals surface area contributed by atoms with E-state index in [4.69, 9.17) is 0 Å². The summed E-state index contributed by atoms with van der Waals surface area (Å²) < 4.78 is 0. The Hall–Kier alpha value is -4.03. The van der Waals surface area contributed by atoms with Crippen molar-refractivity contribution >= 4 is 28.6 Å². The molecule has 3 amide bonds. The number of hydrogen-bond acceptors (Lipinski definition) is 7. The number of aromatic nitrogens is 3. The minimum absolute atomic E-state index is 0.00227. The van der Waals surface area contributed by atoms with Crippen molar-refractivity contribution in [2.75, 3.05) is 59.4 Å². The second-order valence-corrected chi connectivity index (χ2v) is 15.8. The molecule has 1 atom stereocenters. The molecule has 0 unspecified atom stereocenters. The van der Waals surface area contributed by atoms with Crippen molar-refractivity contribution in [2.24, 2.45) is 0 Å². The van der Waals surface area contributed by atoms with Crippen LogP contribution in [0.15, 0.2) is 29.2 Å². The van der Waals surface area contributed by atoms with Gasteiger partial charge in [-0.1, -0.05) is 19.9 Å². The third-order valence-corrected chi connectivity index (χ3v) is 11.9. The molecule has 50 heavy (non-hydrogen) atoms. The number of urea groups is 1. The molecule has 0 spiro atoms. The molecule has 3 aliphatic heterocycles. The number of piperazine rings is 1. The number of rotatable bonds is 6. The third kappa shape index (κ3) is 6.96. The molecule has 2 aromatic heterocycles. The predicted octanol–water partition coefficient (Wildman–Crippen LogP) is 3.55. The van der Waals surface area contributed by atoms with Gasteiger partial charge >= 0.3 is 6.03 Å². The lowest BCUT2D eigenvalue weighted by Crippen LogP contribution is -2.59. The zero-order valence-electron chi connectivity index (χ0n) is 30.0. The number of amides is 3. The number of likely N-dealkylation sites (tertiary alicyclic amines) is 2. The highest BCUT2D eigenvalue weighted by atomic mass is 16.2. The van der Waals surface area contributed by atoms with Gasteiger partial charge in [-0.15, -0.1) is 0 Å². The first kappa shape index (κ1) is 34.4. The summed E-state index contributed by atoms with van der Waals surface area (Å²) >= 11 is 0. The molecular weight excluding hydrogens is 632 g/mol.